The van der Waals surface area contributed by atoms with Crippen LogP contribution in [0.3, 0.4) is 0 Å². The summed E-state index contributed by atoms with van der Waals surface area (Å²) in [5.41, 5.74) is 3.32. The Labute approximate surface area is 163 Å². The van der Waals surface area contributed by atoms with Crippen LogP contribution in [0, 0.1) is 0 Å². The van der Waals surface area contributed by atoms with Gasteiger partial charge < -0.3 is 10.1 Å². The standard InChI is InChI=1S/C21H21N5O2/c1-4-15(2)7-6-12-22-21(27)24-19-14-26-20(23-19)11-10-18(25-26)16-8-5-9-17(13-16)28-3/h4-14H,1H2,2-3H3,(H2,22,24,27)/b12-6+,15-7-. The Morgan fingerprint density at radius 1 is 1.29 bits per heavy atom. The van der Waals surface area contributed by atoms with Gasteiger partial charge in [0, 0.05) is 11.8 Å². The Kier molecular flexibility index (Phi) is 5.86. The molecule has 2 amide bonds. The molecule has 0 atom stereocenters. The van der Waals surface area contributed by atoms with Crippen LogP contribution in [0.4, 0.5) is 10.6 Å². The molecular formula is C21H21N5O2. The normalized spacial score (nSPS) is 11.6. The van der Waals surface area contributed by atoms with Crippen LogP contribution in [-0.4, -0.2) is 27.7 Å². The lowest BCUT2D eigenvalue weighted by molar-refractivity contribution is 0.255. The van der Waals surface area contributed by atoms with Crippen LogP contribution in [0.15, 0.2) is 79.2 Å². The monoisotopic (exact) mass is 375 g/mol. The molecule has 0 saturated carbocycles. The Morgan fingerprint density at radius 2 is 2.14 bits per heavy atom. The van der Waals surface area contributed by atoms with Gasteiger partial charge in [0.1, 0.15) is 5.75 Å². The maximum Gasteiger partial charge on any atom is 0.324 e. The van der Waals surface area contributed by atoms with Gasteiger partial charge in [0.15, 0.2) is 11.5 Å². The molecule has 2 N–H and O–H groups in total. The second-order valence-electron chi connectivity index (χ2n) is 5.95. The zero-order valence-electron chi connectivity index (χ0n) is 15.7. The number of amides is 2. The number of fused-ring (bicyclic) bond motifs is 1. The van der Waals surface area contributed by atoms with E-state index in [1.165, 1.54) is 6.20 Å². The minimum absolute atomic E-state index is 0.391. The van der Waals surface area contributed by atoms with Crippen LogP contribution in [0.2, 0.25) is 0 Å². The molecule has 0 bridgehead atoms. The fourth-order valence-corrected chi connectivity index (χ4v) is 2.42. The summed E-state index contributed by atoms with van der Waals surface area (Å²) in [6.45, 7) is 5.58. The van der Waals surface area contributed by atoms with E-state index < -0.39 is 6.03 Å². The summed E-state index contributed by atoms with van der Waals surface area (Å²) in [5, 5.41) is 9.84. The summed E-state index contributed by atoms with van der Waals surface area (Å²) in [6, 6.07) is 11.0. The molecule has 2 aromatic heterocycles. The van der Waals surface area contributed by atoms with E-state index >= 15 is 0 Å². The smallest absolute Gasteiger partial charge is 0.324 e. The highest BCUT2D eigenvalue weighted by Crippen LogP contribution is 2.22. The number of nitrogens with zero attached hydrogens (tertiary/aromatic N) is 3. The van der Waals surface area contributed by atoms with Crippen LogP contribution in [0.25, 0.3) is 16.9 Å². The minimum Gasteiger partial charge on any atom is -0.497 e. The molecule has 3 rings (SSSR count). The number of benzene rings is 1. The average molecular weight is 375 g/mol. The van der Waals surface area contributed by atoms with Crippen LogP contribution >= 0.6 is 0 Å². The molecule has 0 aliphatic heterocycles. The highest BCUT2D eigenvalue weighted by molar-refractivity contribution is 5.89. The zero-order chi connectivity index (χ0) is 19.9. The number of hydrogen-bond donors (Lipinski definition) is 2. The van der Waals surface area contributed by atoms with Crippen molar-refractivity contribution in [1.82, 2.24) is 19.9 Å². The molecule has 0 unspecified atom stereocenters. The Hall–Kier alpha value is -3.87. The lowest BCUT2D eigenvalue weighted by atomic mass is 10.1. The predicted molar refractivity (Wildman–Crippen MR) is 110 cm³/mol. The first-order chi connectivity index (χ1) is 13.6. The Balaban J connectivity index is 1.72. The third-order valence-electron chi connectivity index (χ3n) is 3.92. The molecular weight excluding hydrogens is 354 g/mol. The molecule has 0 fully saturated rings. The number of anilines is 1. The van der Waals surface area contributed by atoms with Crippen molar-refractivity contribution in [3.05, 3.63) is 79.2 Å². The molecule has 7 nitrogen and oxygen atoms in total. The molecule has 0 radical (unpaired) electrons. The number of allylic oxidation sites excluding steroid dienone is 4. The van der Waals surface area contributed by atoms with Crippen molar-refractivity contribution in [3.63, 3.8) is 0 Å². The maximum absolute atomic E-state index is 12.0. The highest BCUT2D eigenvalue weighted by Gasteiger charge is 2.08. The van der Waals surface area contributed by atoms with Gasteiger partial charge in [-0.2, -0.15) is 5.10 Å². The van der Waals surface area contributed by atoms with E-state index in [0.717, 1.165) is 22.6 Å². The van der Waals surface area contributed by atoms with Gasteiger partial charge in [-0.15, -0.1) is 0 Å². The number of ether oxygens (including phenoxy) is 1. The number of urea groups is 1. The van der Waals surface area contributed by atoms with Gasteiger partial charge in [-0.25, -0.2) is 14.3 Å². The molecule has 0 aliphatic carbocycles. The number of hydrogen-bond acceptors (Lipinski definition) is 4. The first-order valence-corrected chi connectivity index (χ1v) is 8.63. The van der Waals surface area contributed by atoms with E-state index in [2.05, 4.69) is 27.3 Å². The van der Waals surface area contributed by atoms with E-state index in [0.29, 0.717) is 11.5 Å². The predicted octanol–water partition coefficient (Wildman–Crippen LogP) is 4.17. The quantitative estimate of drug-likeness (QED) is 0.634. The fourth-order valence-electron chi connectivity index (χ4n) is 2.42. The molecule has 0 saturated heterocycles. The lowest BCUT2D eigenvalue weighted by Crippen LogP contribution is -2.23. The van der Waals surface area contributed by atoms with Gasteiger partial charge in [0.05, 0.1) is 19.0 Å². The van der Waals surface area contributed by atoms with Crippen molar-refractivity contribution in [3.8, 4) is 17.0 Å². The largest absolute Gasteiger partial charge is 0.497 e. The third-order valence-corrected chi connectivity index (χ3v) is 3.92. The van der Waals surface area contributed by atoms with Gasteiger partial charge in [-0.1, -0.05) is 36.4 Å². The average Bonchev–Trinajstić information content (AvgIpc) is 3.12. The Morgan fingerprint density at radius 3 is 2.93 bits per heavy atom. The van der Waals surface area contributed by atoms with Crippen molar-refractivity contribution in [1.29, 1.82) is 0 Å². The zero-order valence-corrected chi connectivity index (χ0v) is 15.7. The van der Waals surface area contributed by atoms with Gasteiger partial charge in [-0.3, -0.25) is 5.32 Å². The van der Waals surface area contributed by atoms with E-state index in [-0.39, 0.29) is 0 Å². The summed E-state index contributed by atoms with van der Waals surface area (Å²) >= 11 is 0. The number of rotatable bonds is 6. The van der Waals surface area contributed by atoms with E-state index in [9.17, 15) is 4.79 Å². The number of carbonyl (C=O) groups excluding carboxylic acids is 1. The number of methoxy groups -OCH3 is 1. The second-order valence-corrected chi connectivity index (χ2v) is 5.95. The Bertz CT molecular complexity index is 1070. The first kappa shape index (κ1) is 18.9. The molecule has 0 aliphatic rings. The SMILES string of the molecule is C=C/C(C)=C\C=C\NC(=O)Nc1cn2nc(-c3cccc(OC)c3)ccc2n1. The molecule has 28 heavy (non-hydrogen) atoms. The van der Waals surface area contributed by atoms with Gasteiger partial charge in [0.2, 0.25) is 0 Å². The van der Waals surface area contributed by atoms with Gasteiger partial charge in [-0.05, 0) is 37.3 Å². The molecule has 3 aromatic rings. The first-order valence-electron chi connectivity index (χ1n) is 8.63. The third kappa shape index (κ3) is 4.64. The highest BCUT2D eigenvalue weighted by atomic mass is 16.5. The number of aromatic nitrogens is 3. The van der Waals surface area contributed by atoms with Crippen molar-refractivity contribution in [2.24, 2.45) is 0 Å². The molecule has 2 heterocycles. The van der Waals surface area contributed by atoms with Crippen molar-refractivity contribution in [2.75, 3.05) is 12.4 Å². The van der Waals surface area contributed by atoms with E-state index in [4.69, 9.17) is 4.74 Å². The second kappa shape index (κ2) is 8.68. The molecule has 1 aromatic carbocycles. The van der Waals surface area contributed by atoms with Gasteiger partial charge >= 0.3 is 6.03 Å². The van der Waals surface area contributed by atoms with Crippen LogP contribution in [0.1, 0.15) is 6.92 Å². The number of imidazole rings is 1. The summed E-state index contributed by atoms with van der Waals surface area (Å²) < 4.78 is 6.88. The van der Waals surface area contributed by atoms with Crippen molar-refractivity contribution in [2.45, 2.75) is 6.92 Å². The van der Waals surface area contributed by atoms with Crippen LogP contribution in [0.5, 0.6) is 5.75 Å². The van der Waals surface area contributed by atoms with Crippen molar-refractivity contribution >= 4 is 17.5 Å². The fraction of sp³-hybridized carbons (Fsp3) is 0.0952. The van der Waals surface area contributed by atoms with E-state index in [1.807, 2.05) is 49.4 Å². The van der Waals surface area contributed by atoms with Crippen LogP contribution < -0.4 is 15.4 Å². The molecule has 0 spiro atoms. The molecule has 142 valence electrons. The number of carbonyl (C=O) groups is 1. The summed E-state index contributed by atoms with van der Waals surface area (Å²) in [5.74, 6) is 1.16. The minimum atomic E-state index is -0.391. The van der Waals surface area contributed by atoms with Gasteiger partial charge in [0.25, 0.3) is 0 Å². The van der Waals surface area contributed by atoms with E-state index in [1.54, 1.807) is 30.0 Å². The maximum atomic E-state index is 12.0. The summed E-state index contributed by atoms with van der Waals surface area (Å²) in [7, 11) is 1.63. The summed E-state index contributed by atoms with van der Waals surface area (Å²) in [4.78, 5) is 16.3. The molecule has 7 heteroatoms. The lowest BCUT2D eigenvalue weighted by Gasteiger charge is -2.04. The number of nitrogens with one attached hydrogen (secondary N) is 2. The van der Waals surface area contributed by atoms with Crippen LogP contribution in [-0.2, 0) is 0 Å². The van der Waals surface area contributed by atoms with Crippen molar-refractivity contribution < 1.29 is 9.53 Å². The summed E-state index contributed by atoms with van der Waals surface area (Å²) in [6.07, 6.45) is 8.49. The topological polar surface area (TPSA) is 80.6 Å².